The monoisotopic (exact) mass is 308 g/mol. The maximum atomic E-state index is 12.5. The molecule has 1 aromatic carbocycles. The Labute approximate surface area is 125 Å². The number of hydrogen-bond acceptors (Lipinski definition) is 3. The second-order valence-electron chi connectivity index (χ2n) is 5.92. The van der Waals surface area contributed by atoms with Gasteiger partial charge in [0.2, 0.25) is 15.9 Å². The number of fused-ring (bicyclic) bond motifs is 1. The lowest BCUT2D eigenvalue weighted by molar-refractivity contribution is -0.116. The van der Waals surface area contributed by atoms with Gasteiger partial charge in [0.25, 0.3) is 0 Å². The van der Waals surface area contributed by atoms with Crippen LogP contribution in [0.1, 0.15) is 50.5 Å². The second kappa shape index (κ2) is 5.42. The average Bonchev–Trinajstić information content (AvgIpc) is 2.74. The molecule has 1 amide bonds. The van der Waals surface area contributed by atoms with Gasteiger partial charge in [-0.15, -0.1) is 0 Å². The number of hydrogen-bond donors (Lipinski definition) is 2. The number of benzene rings is 1. The Balaban J connectivity index is 1.84. The van der Waals surface area contributed by atoms with Crippen LogP contribution in [0, 0.1) is 0 Å². The summed E-state index contributed by atoms with van der Waals surface area (Å²) >= 11 is 0. The van der Waals surface area contributed by atoms with Crippen molar-refractivity contribution >= 4 is 21.6 Å². The maximum absolute atomic E-state index is 12.5. The number of nitrogens with one attached hydrogen (secondary N) is 2. The predicted octanol–water partition coefficient (Wildman–Crippen LogP) is 2.35. The van der Waals surface area contributed by atoms with Crippen LogP contribution < -0.4 is 10.0 Å². The number of carbonyl (C=O) groups is 1. The van der Waals surface area contributed by atoms with Gasteiger partial charge in [-0.3, -0.25) is 4.79 Å². The van der Waals surface area contributed by atoms with Gasteiger partial charge in [-0.05, 0) is 43.5 Å². The molecule has 0 aromatic heterocycles. The summed E-state index contributed by atoms with van der Waals surface area (Å²) in [6.07, 6.45) is 5.14. The Bertz CT molecular complexity index is 663. The third-order valence-electron chi connectivity index (χ3n) is 4.38. The number of carbonyl (C=O) groups excluding carboxylic acids is 1. The Hall–Kier alpha value is -1.40. The van der Waals surface area contributed by atoms with E-state index < -0.39 is 10.0 Å². The Morgan fingerprint density at radius 2 is 1.90 bits per heavy atom. The molecule has 3 rings (SSSR count). The highest BCUT2D eigenvalue weighted by Crippen LogP contribution is 2.33. The van der Waals surface area contributed by atoms with Gasteiger partial charge in [0.15, 0.2) is 0 Å². The van der Waals surface area contributed by atoms with E-state index in [2.05, 4.69) is 10.0 Å². The van der Waals surface area contributed by atoms with Gasteiger partial charge in [0.05, 0.1) is 10.8 Å². The summed E-state index contributed by atoms with van der Waals surface area (Å²) in [5.74, 6) is -0.385. The Morgan fingerprint density at radius 1 is 1.19 bits per heavy atom. The molecule has 2 aliphatic rings. The van der Waals surface area contributed by atoms with Crippen LogP contribution in [0.25, 0.3) is 0 Å². The fraction of sp³-hybridized carbons (Fsp3) is 0.533. The van der Waals surface area contributed by atoms with Crippen molar-refractivity contribution in [2.75, 3.05) is 5.32 Å². The van der Waals surface area contributed by atoms with Gasteiger partial charge in [-0.25, -0.2) is 13.1 Å². The first-order valence-electron chi connectivity index (χ1n) is 7.44. The van der Waals surface area contributed by atoms with E-state index in [0.717, 1.165) is 31.2 Å². The van der Waals surface area contributed by atoms with Crippen LogP contribution in [0.5, 0.6) is 0 Å². The first kappa shape index (κ1) is 14.5. The van der Waals surface area contributed by atoms with E-state index in [-0.39, 0.29) is 22.8 Å². The lowest BCUT2D eigenvalue weighted by Crippen LogP contribution is -2.36. The molecule has 21 heavy (non-hydrogen) atoms. The highest BCUT2D eigenvalue weighted by atomic mass is 32.2. The number of rotatable bonds is 3. The van der Waals surface area contributed by atoms with Crippen LogP contribution in [0.3, 0.4) is 0 Å². The fourth-order valence-corrected chi connectivity index (χ4v) is 4.41. The van der Waals surface area contributed by atoms with E-state index in [9.17, 15) is 13.2 Å². The molecule has 1 heterocycles. The molecule has 0 bridgehead atoms. The number of anilines is 1. The topological polar surface area (TPSA) is 75.3 Å². The molecule has 1 aromatic rings. The average molecular weight is 308 g/mol. The van der Waals surface area contributed by atoms with Crippen molar-refractivity contribution in [2.45, 2.75) is 55.9 Å². The number of sulfonamides is 1. The lowest BCUT2D eigenvalue weighted by atomic mass is 9.96. The molecule has 1 unspecified atom stereocenters. The maximum Gasteiger partial charge on any atom is 0.240 e. The van der Waals surface area contributed by atoms with E-state index in [4.69, 9.17) is 0 Å². The first-order valence-corrected chi connectivity index (χ1v) is 8.93. The van der Waals surface area contributed by atoms with Crippen molar-refractivity contribution in [3.05, 3.63) is 23.8 Å². The largest absolute Gasteiger partial charge is 0.325 e. The van der Waals surface area contributed by atoms with Crippen LogP contribution in [0.4, 0.5) is 5.69 Å². The van der Waals surface area contributed by atoms with Gasteiger partial charge in [0, 0.05) is 11.7 Å². The Morgan fingerprint density at radius 3 is 2.62 bits per heavy atom. The van der Waals surface area contributed by atoms with Gasteiger partial charge in [0.1, 0.15) is 0 Å². The van der Waals surface area contributed by atoms with Crippen LogP contribution in [-0.2, 0) is 14.8 Å². The van der Waals surface area contributed by atoms with Crippen molar-refractivity contribution < 1.29 is 13.2 Å². The molecule has 2 N–H and O–H groups in total. The van der Waals surface area contributed by atoms with Gasteiger partial charge in [-0.1, -0.05) is 19.3 Å². The van der Waals surface area contributed by atoms with Crippen molar-refractivity contribution in [1.82, 2.24) is 4.72 Å². The van der Waals surface area contributed by atoms with Crippen molar-refractivity contribution in [3.63, 3.8) is 0 Å². The molecule has 1 aliphatic carbocycles. The van der Waals surface area contributed by atoms with Crippen LogP contribution >= 0.6 is 0 Å². The zero-order valence-electron chi connectivity index (χ0n) is 12.1. The molecule has 0 spiro atoms. The molecule has 0 radical (unpaired) electrons. The zero-order chi connectivity index (χ0) is 15.0. The molecular weight excluding hydrogens is 288 g/mol. The summed E-state index contributed by atoms with van der Waals surface area (Å²) in [5, 5.41) is 2.75. The van der Waals surface area contributed by atoms with Gasteiger partial charge >= 0.3 is 0 Å². The van der Waals surface area contributed by atoms with E-state index >= 15 is 0 Å². The summed E-state index contributed by atoms with van der Waals surface area (Å²) < 4.78 is 27.7. The minimum absolute atomic E-state index is 0.0363. The quantitative estimate of drug-likeness (QED) is 0.900. The minimum atomic E-state index is -3.51. The lowest BCUT2D eigenvalue weighted by Gasteiger charge is -2.22. The van der Waals surface area contributed by atoms with Crippen LogP contribution in [0.15, 0.2) is 23.1 Å². The van der Waals surface area contributed by atoms with Crippen molar-refractivity contribution in [1.29, 1.82) is 0 Å². The highest BCUT2D eigenvalue weighted by molar-refractivity contribution is 7.89. The Kier molecular flexibility index (Phi) is 3.75. The molecule has 6 heteroatoms. The zero-order valence-corrected chi connectivity index (χ0v) is 12.9. The third kappa shape index (κ3) is 2.82. The standard InChI is InChI=1S/C15H20N2O3S/c1-10-13-9-12(7-8-14(13)16-15(10)18)21(19,20)17-11-5-3-2-4-6-11/h7-11,17H,2-6H2,1H3,(H,16,18). The van der Waals surface area contributed by atoms with Gasteiger partial charge < -0.3 is 5.32 Å². The molecule has 1 aliphatic heterocycles. The smallest absolute Gasteiger partial charge is 0.240 e. The summed E-state index contributed by atoms with van der Waals surface area (Å²) in [6.45, 7) is 1.78. The fourth-order valence-electron chi connectivity index (χ4n) is 3.07. The van der Waals surface area contributed by atoms with E-state index in [1.807, 2.05) is 0 Å². The SMILES string of the molecule is CC1C(=O)Nc2ccc(S(=O)(=O)NC3CCCCC3)cc21. The molecule has 5 nitrogen and oxygen atoms in total. The van der Waals surface area contributed by atoms with Crippen LogP contribution in [-0.4, -0.2) is 20.4 Å². The number of amides is 1. The summed E-state index contributed by atoms with van der Waals surface area (Å²) in [4.78, 5) is 11.9. The molecule has 0 saturated heterocycles. The predicted molar refractivity (Wildman–Crippen MR) is 80.7 cm³/mol. The highest BCUT2D eigenvalue weighted by Gasteiger charge is 2.29. The normalized spacial score (nSPS) is 22.9. The summed E-state index contributed by atoms with van der Waals surface area (Å²) in [7, 11) is -3.51. The molecule has 1 saturated carbocycles. The van der Waals surface area contributed by atoms with Crippen LogP contribution in [0.2, 0.25) is 0 Å². The molecule has 1 atom stereocenters. The molecule has 1 fully saturated rings. The van der Waals surface area contributed by atoms with E-state index in [0.29, 0.717) is 5.69 Å². The second-order valence-corrected chi connectivity index (χ2v) is 7.63. The third-order valence-corrected chi connectivity index (χ3v) is 5.90. The molecule has 114 valence electrons. The minimum Gasteiger partial charge on any atom is -0.325 e. The summed E-state index contributed by atoms with van der Waals surface area (Å²) in [5.41, 5.74) is 1.47. The van der Waals surface area contributed by atoms with E-state index in [1.54, 1.807) is 25.1 Å². The van der Waals surface area contributed by atoms with E-state index in [1.165, 1.54) is 6.42 Å². The van der Waals surface area contributed by atoms with Crippen molar-refractivity contribution in [2.24, 2.45) is 0 Å². The molecular formula is C15H20N2O3S. The summed E-state index contributed by atoms with van der Waals surface area (Å²) in [6, 6.07) is 4.88. The van der Waals surface area contributed by atoms with Crippen molar-refractivity contribution in [3.8, 4) is 0 Å². The first-order chi connectivity index (χ1) is 9.97. The van der Waals surface area contributed by atoms with Gasteiger partial charge in [-0.2, -0.15) is 0 Å².